The Morgan fingerprint density at radius 2 is 1.46 bits per heavy atom. The second-order valence-electron chi connectivity index (χ2n) is 5.79. The Bertz CT molecular complexity index is 904. The van der Waals surface area contributed by atoms with Gasteiger partial charge in [0.25, 0.3) is 0 Å². The number of carbonyl (C=O) groups is 1. The molecule has 1 N–H and O–H groups in total. The normalized spacial score (nSPS) is 15.8. The van der Waals surface area contributed by atoms with Crippen molar-refractivity contribution < 1.29 is 27.1 Å². The third-order valence-electron chi connectivity index (χ3n) is 4.23. The van der Waals surface area contributed by atoms with Crippen LogP contribution in [0, 0.1) is 11.6 Å². The number of hydrogen-bond donors (Lipinski definition) is 1. The van der Waals surface area contributed by atoms with Gasteiger partial charge in [-0.15, -0.1) is 0 Å². The van der Waals surface area contributed by atoms with E-state index in [0.29, 0.717) is 13.1 Å². The predicted octanol–water partition coefficient (Wildman–Crippen LogP) is 2.17. The maximum absolute atomic E-state index is 13.8. The Morgan fingerprint density at radius 1 is 0.923 bits per heavy atom. The van der Waals surface area contributed by atoms with Crippen molar-refractivity contribution in [1.82, 2.24) is 4.31 Å². The molecule has 1 saturated heterocycles. The molecule has 0 amide bonds. The van der Waals surface area contributed by atoms with E-state index in [1.165, 1.54) is 12.1 Å². The first-order chi connectivity index (χ1) is 12.3. The fraction of sp³-hybridized carbons (Fsp3) is 0.235. The molecule has 0 saturated carbocycles. The van der Waals surface area contributed by atoms with Gasteiger partial charge in [-0.1, -0.05) is 6.07 Å². The summed E-state index contributed by atoms with van der Waals surface area (Å²) >= 11 is 0. The number of carboxylic acids is 1. The Balaban J connectivity index is 1.75. The summed E-state index contributed by atoms with van der Waals surface area (Å²) in [5.41, 5.74) is 0.911. The first kappa shape index (κ1) is 18.3. The van der Waals surface area contributed by atoms with E-state index in [2.05, 4.69) is 0 Å². The zero-order valence-corrected chi connectivity index (χ0v) is 14.4. The number of anilines is 1. The SMILES string of the molecule is O=C(O)c1ccc(N2CCN(S(=O)(=O)c3c(F)cccc3F)CC2)cc1. The molecule has 1 aliphatic heterocycles. The molecule has 3 rings (SSSR count). The summed E-state index contributed by atoms with van der Waals surface area (Å²) in [6, 6.07) is 9.16. The number of hydrogen-bond acceptors (Lipinski definition) is 4. The topological polar surface area (TPSA) is 77.9 Å². The number of benzene rings is 2. The van der Waals surface area contributed by atoms with E-state index in [1.807, 2.05) is 4.90 Å². The molecule has 2 aromatic rings. The molecule has 0 bridgehead atoms. The van der Waals surface area contributed by atoms with Gasteiger partial charge in [0.1, 0.15) is 11.6 Å². The van der Waals surface area contributed by atoms with Crippen molar-refractivity contribution in [1.29, 1.82) is 0 Å². The smallest absolute Gasteiger partial charge is 0.335 e. The van der Waals surface area contributed by atoms with Crippen molar-refractivity contribution in [2.45, 2.75) is 4.90 Å². The van der Waals surface area contributed by atoms with E-state index in [9.17, 15) is 22.0 Å². The van der Waals surface area contributed by atoms with Crippen molar-refractivity contribution in [2.75, 3.05) is 31.1 Å². The van der Waals surface area contributed by atoms with Crippen molar-refractivity contribution in [2.24, 2.45) is 0 Å². The molecule has 1 heterocycles. The van der Waals surface area contributed by atoms with Crippen LogP contribution >= 0.6 is 0 Å². The van der Waals surface area contributed by atoms with E-state index in [-0.39, 0.29) is 18.7 Å². The van der Waals surface area contributed by atoms with E-state index in [4.69, 9.17) is 5.11 Å². The lowest BCUT2D eigenvalue weighted by Crippen LogP contribution is -2.49. The number of rotatable bonds is 4. The average Bonchev–Trinajstić information content (AvgIpc) is 2.61. The molecule has 0 radical (unpaired) electrons. The minimum absolute atomic E-state index is 0.0663. The van der Waals surface area contributed by atoms with Crippen LogP contribution in [0.3, 0.4) is 0 Å². The number of sulfonamides is 1. The standard InChI is InChI=1S/C17H16F2N2O4S/c18-14-2-1-3-15(19)16(14)26(24,25)21-10-8-20(9-11-21)13-6-4-12(5-7-13)17(22)23/h1-7H,8-11H2,(H,22,23). The summed E-state index contributed by atoms with van der Waals surface area (Å²) < 4.78 is 53.8. The van der Waals surface area contributed by atoms with Gasteiger partial charge >= 0.3 is 5.97 Å². The highest BCUT2D eigenvalue weighted by Crippen LogP contribution is 2.25. The van der Waals surface area contributed by atoms with Crippen LogP contribution < -0.4 is 4.90 Å². The van der Waals surface area contributed by atoms with Crippen molar-refractivity contribution in [3.05, 3.63) is 59.7 Å². The molecule has 0 atom stereocenters. The molecule has 1 aliphatic rings. The zero-order valence-electron chi connectivity index (χ0n) is 13.6. The fourth-order valence-electron chi connectivity index (χ4n) is 2.86. The minimum atomic E-state index is -4.27. The number of carboxylic acid groups (broad SMARTS) is 1. The summed E-state index contributed by atoms with van der Waals surface area (Å²) in [6.45, 7) is 0.775. The van der Waals surface area contributed by atoms with Crippen molar-refractivity contribution >= 4 is 21.7 Å². The van der Waals surface area contributed by atoms with Crippen LogP contribution in [0.5, 0.6) is 0 Å². The van der Waals surface area contributed by atoms with Gasteiger partial charge in [0.05, 0.1) is 5.56 Å². The molecule has 2 aromatic carbocycles. The molecule has 1 fully saturated rings. The third-order valence-corrected chi connectivity index (χ3v) is 6.19. The van der Waals surface area contributed by atoms with Gasteiger partial charge in [0.2, 0.25) is 10.0 Å². The van der Waals surface area contributed by atoms with Crippen LogP contribution in [0.15, 0.2) is 47.4 Å². The van der Waals surface area contributed by atoms with Crippen LogP contribution in [0.4, 0.5) is 14.5 Å². The van der Waals surface area contributed by atoms with E-state index >= 15 is 0 Å². The Kier molecular flexibility index (Phi) is 4.92. The molecule has 0 unspecified atom stereocenters. The minimum Gasteiger partial charge on any atom is -0.478 e. The fourth-order valence-corrected chi connectivity index (χ4v) is 4.39. The number of aromatic carboxylic acids is 1. The van der Waals surface area contributed by atoms with Crippen LogP contribution in [0.25, 0.3) is 0 Å². The monoisotopic (exact) mass is 382 g/mol. The molecule has 9 heteroatoms. The quantitative estimate of drug-likeness (QED) is 0.877. The second-order valence-corrected chi connectivity index (χ2v) is 7.67. The summed E-state index contributed by atoms with van der Waals surface area (Å²) in [4.78, 5) is 11.8. The first-order valence-corrected chi connectivity index (χ1v) is 9.27. The highest BCUT2D eigenvalue weighted by atomic mass is 32.2. The molecule has 0 aromatic heterocycles. The number of piperazine rings is 1. The molecular weight excluding hydrogens is 366 g/mol. The molecule has 26 heavy (non-hydrogen) atoms. The van der Waals surface area contributed by atoms with Crippen LogP contribution in [-0.2, 0) is 10.0 Å². The molecule has 6 nitrogen and oxygen atoms in total. The zero-order chi connectivity index (χ0) is 18.9. The maximum Gasteiger partial charge on any atom is 0.335 e. The van der Waals surface area contributed by atoms with E-state index in [0.717, 1.165) is 28.2 Å². The Hall–Kier alpha value is -2.52. The van der Waals surface area contributed by atoms with Gasteiger partial charge in [-0.05, 0) is 36.4 Å². The van der Waals surface area contributed by atoms with Gasteiger partial charge in [0, 0.05) is 31.9 Å². The number of halogens is 2. The van der Waals surface area contributed by atoms with Crippen molar-refractivity contribution in [3.8, 4) is 0 Å². The summed E-state index contributed by atoms with van der Waals surface area (Å²) in [6.07, 6.45) is 0. The van der Waals surface area contributed by atoms with Gasteiger partial charge in [-0.2, -0.15) is 4.31 Å². The van der Waals surface area contributed by atoms with Crippen LogP contribution in [0.1, 0.15) is 10.4 Å². The van der Waals surface area contributed by atoms with E-state index < -0.39 is 32.5 Å². The van der Waals surface area contributed by atoms with Crippen molar-refractivity contribution in [3.63, 3.8) is 0 Å². The highest BCUT2D eigenvalue weighted by molar-refractivity contribution is 7.89. The van der Waals surface area contributed by atoms with Gasteiger partial charge in [-0.3, -0.25) is 0 Å². The molecule has 0 spiro atoms. The van der Waals surface area contributed by atoms with Gasteiger partial charge in [-0.25, -0.2) is 22.0 Å². The van der Waals surface area contributed by atoms with Gasteiger partial charge in [0.15, 0.2) is 4.90 Å². The number of nitrogens with zero attached hydrogens (tertiary/aromatic N) is 2. The lowest BCUT2D eigenvalue weighted by molar-refractivity contribution is 0.0697. The second kappa shape index (κ2) is 7.00. The Morgan fingerprint density at radius 3 is 1.96 bits per heavy atom. The average molecular weight is 382 g/mol. The maximum atomic E-state index is 13.8. The lowest BCUT2D eigenvalue weighted by Gasteiger charge is -2.35. The predicted molar refractivity (Wildman–Crippen MR) is 90.7 cm³/mol. The summed E-state index contributed by atoms with van der Waals surface area (Å²) in [5, 5.41) is 8.92. The first-order valence-electron chi connectivity index (χ1n) is 7.83. The Labute approximate surface area is 149 Å². The van der Waals surface area contributed by atoms with Crippen LogP contribution in [-0.4, -0.2) is 50.0 Å². The van der Waals surface area contributed by atoms with Gasteiger partial charge < -0.3 is 10.0 Å². The largest absolute Gasteiger partial charge is 0.478 e. The summed E-state index contributed by atoms with van der Waals surface area (Å²) in [5.74, 6) is -3.26. The molecular formula is C17H16F2N2O4S. The third kappa shape index (κ3) is 3.40. The summed E-state index contributed by atoms with van der Waals surface area (Å²) in [7, 11) is -4.27. The van der Waals surface area contributed by atoms with E-state index in [1.54, 1.807) is 12.1 Å². The molecule has 138 valence electrons. The van der Waals surface area contributed by atoms with Crippen LogP contribution in [0.2, 0.25) is 0 Å². The lowest BCUT2D eigenvalue weighted by atomic mass is 10.2. The molecule has 0 aliphatic carbocycles. The highest BCUT2D eigenvalue weighted by Gasteiger charge is 2.33.